The summed E-state index contributed by atoms with van der Waals surface area (Å²) < 4.78 is 0. The van der Waals surface area contributed by atoms with E-state index >= 15 is 0 Å². The number of carbonyl (C=O) groups is 2. The molecule has 1 aliphatic heterocycles. The van der Waals surface area contributed by atoms with Crippen molar-refractivity contribution in [3.8, 4) is 0 Å². The monoisotopic (exact) mass is 341 g/mol. The zero-order valence-electron chi connectivity index (χ0n) is 14.9. The second kappa shape index (κ2) is 7.72. The van der Waals surface area contributed by atoms with Gasteiger partial charge < -0.3 is 15.5 Å². The molecular formula is C20H27N3O2. The highest BCUT2D eigenvalue weighted by Crippen LogP contribution is 2.45. The largest absolute Gasteiger partial charge is 0.338 e. The maximum absolute atomic E-state index is 12.2. The minimum absolute atomic E-state index is 0.0856. The van der Waals surface area contributed by atoms with Crippen molar-refractivity contribution in [2.75, 3.05) is 20.1 Å². The van der Waals surface area contributed by atoms with Crippen LogP contribution in [0.4, 0.5) is 4.79 Å². The van der Waals surface area contributed by atoms with E-state index in [1.54, 1.807) is 4.90 Å². The van der Waals surface area contributed by atoms with Gasteiger partial charge in [0.05, 0.1) is 0 Å². The van der Waals surface area contributed by atoms with Gasteiger partial charge in [-0.2, -0.15) is 0 Å². The molecule has 0 radical (unpaired) electrons. The predicted molar refractivity (Wildman–Crippen MR) is 97.9 cm³/mol. The fourth-order valence-corrected chi connectivity index (χ4v) is 3.96. The molecule has 1 heterocycles. The van der Waals surface area contributed by atoms with E-state index in [2.05, 4.69) is 28.8 Å². The summed E-state index contributed by atoms with van der Waals surface area (Å²) in [5, 5.41) is 5.97. The van der Waals surface area contributed by atoms with E-state index in [0.717, 1.165) is 37.8 Å². The molecule has 3 rings (SSSR count). The van der Waals surface area contributed by atoms with E-state index in [0.29, 0.717) is 19.5 Å². The minimum Gasteiger partial charge on any atom is -0.338 e. The van der Waals surface area contributed by atoms with Crippen LogP contribution in [0.15, 0.2) is 42.1 Å². The van der Waals surface area contributed by atoms with Gasteiger partial charge in [0.15, 0.2) is 0 Å². The second-order valence-electron chi connectivity index (χ2n) is 7.06. The molecule has 3 amide bonds. The third kappa shape index (κ3) is 4.03. The smallest absolute Gasteiger partial charge is 0.314 e. The highest BCUT2D eigenvalue weighted by molar-refractivity contribution is 5.80. The number of nitrogens with zero attached hydrogens (tertiary/aromatic N) is 1. The van der Waals surface area contributed by atoms with Crippen molar-refractivity contribution < 1.29 is 9.59 Å². The fraction of sp³-hybridized carbons (Fsp3) is 0.500. The number of amides is 3. The van der Waals surface area contributed by atoms with E-state index in [-0.39, 0.29) is 17.4 Å². The Bertz CT molecular complexity index is 656. The van der Waals surface area contributed by atoms with Crippen LogP contribution >= 0.6 is 0 Å². The zero-order chi connectivity index (χ0) is 17.7. The highest BCUT2D eigenvalue weighted by atomic mass is 16.2. The summed E-state index contributed by atoms with van der Waals surface area (Å²) in [4.78, 5) is 26.0. The normalized spacial score (nSPS) is 22.8. The first kappa shape index (κ1) is 17.5. The zero-order valence-corrected chi connectivity index (χ0v) is 14.9. The number of hydrogen-bond donors (Lipinski definition) is 2. The lowest BCUT2D eigenvalue weighted by atomic mass is 9.70. The van der Waals surface area contributed by atoms with Crippen molar-refractivity contribution in [3.63, 3.8) is 0 Å². The van der Waals surface area contributed by atoms with Crippen molar-refractivity contribution in [1.29, 1.82) is 0 Å². The molecule has 0 aromatic heterocycles. The van der Waals surface area contributed by atoms with Gasteiger partial charge in [-0.05, 0) is 37.7 Å². The Labute approximate surface area is 149 Å². The summed E-state index contributed by atoms with van der Waals surface area (Å²) in [6.45, 7) is 1.21. The minimum atomic E-state index is -0.130. The van der Waals surface area contributed by atoms with Gasteiger partial charge in [-0.3, -0.25) is 4.79 Å². The van der Waals surface area contributed by atoms with Crippen molar-refractivity contribution in [2.45, 2.75) is 38.5 Å². The predicted octanol–water partition coefficient (Wildman–Crippen LogP) is 2.83. The average molecular weight is 341 g/mol. The Kier molecular flexibility index (Phi) is 5.41. The molecule has 1 aromatic rings. The topological polar surface area (TPSA) is 61.4 Å². The Hall–Kier alpha value is -2.30. The molecule has 1 unspecified atom stereocenters. The third-order valence-corrected chi connectivity index (χ3v) is 5.42. The van der Waals surface area contributed by atoms with Crippen molar-refractivity contribution in [2.24, 2.45) is 5.41 Å². The van der Waals surface area contributed by atoms with Crippen molar-refractivity contribution in [3.05, 3.63) is 47.7 Å². The summed E-state index contributed by atoms with van der Waals surface area (Å²) in [5.74, 6) is 0.177. The number of benzene rings is 1. The first-order valence-corrected chi connectivity index (χ1v) is 9.14. The number of fused-ring (bicyclic) bond motifs is 1. The first-order valence-electron chi connectivity index (χ1n) is 9.14. The number of allylic oxidation sites excluding steroid dienone is 1. The SMILES string of the molecule is CN1C(=O)CCC2(CNC(=O)NCCc3ccccc3)CCCC=C12. The molecule has 1 aliphatic carbocycles. The fourth-order valence-electron chi connectivity index (χ4n) is 3.96. The number of rotatable bonds is 5. The molecule has 25 heavy (non-hydrogen) atoms. The molecule has 1 saturated heterocycles. The molecule has 2 N–H and O–H groups in total. The lowest BCUT2D eigenvalue weighted by molar-refractivity contribution is -0.132. The summed E-state index contributed by atoms with van der Waals surface area (Å²) in [6.07, 6.45) is 7.54. The summed E-state index contributed by atoms with van der Waals surface area (Å²) in [7, 11) is 1.85. The Morgan fingerprint density at radius 2 is 2.00 bits per heavy atom. The summed E-state index contributed by atoms with van der Waals surface area (Å²) >= 11 is 0. The third-order valence-electron chi connectivity index (χ3n) is 5.42. The maximum Gasteiger partial charge on any atom is 0.314 e. The van der Waals surface area contributed by atoms with Crippen molar-refractivity contribution in [1.82, 2.24) is 15.5 Å². The van der Waals surface area contributed by atoms with Gasteiger partial charge in [0.2, 0.25) is 5.91 Å². The number of piperidine rings is 1. The highest BCUT2D eigenvalue weighted by Gasteiger charge is 2.43. The number of carbonyl (C=O) groups excluding carboxylic acids is 2. The Morgan fingerprint density at radius 3 is 2.80 bits per heavy atom. The van der Waals surface area contributed by atoms with Gasteiger partial charge in [-0.1, -0.05) is 36.4 Å². The summed E-state index contributed by atoms with van der Waals surface area (Å²) in [6, 6.07) is 10.00. The van der Waals surface area contributed by atoms with Gasteiger partial charge in [0, 0.05) is 37.7 Å². The van der Waals surface area contributed by atoms with E-state index in [4.69, 9.17) is 0 Å². The maximum atomic E-state index is 12.2. The van der Waals surface area contributed by atoms with E-state index in [1.807, 2.05) is 25.2 Å². The van der Waals surface area contributed by atoms with E-state index in [1.165, 1.54) is 5.56 Å². The molecular weight excluding hydrogens is 314 g/mol. The second-order valence-corrected chi connectivity index (χ2v) is 7.06. The Morgan fingerprint density at radius 1 is 1.20 bits per heavy atom. The number of urea groups is 1. The van der Waals surface area contributed by atoms with Crippen LogP contribution in [-0.2, 0) is 11.2 Å². The lowest BCUT2D eigenvalue weighted by Gasteiger charge is -2.46. The van der Waals surface area contributed by atoms with Crippen LogP contribution in [0.1, 0.15) is 37.7 Å². The number of hydrogen-bond acceptors (Lipinski definition) is 2. The van der Waals surface area contributed by atoms with E-state index < -0.39 is 0 Å². The van der Waals surface area contributed by atoms with Crippen LogP contribution in [0.3, 0.4) is 0 Å². The molecule has 1 fully saturated rings. The molecule has 0 spiro atoms. The van der Waals surface area contributed by atoms with Crippen LogP contribution in [0, 0.1) is 5.41 Å². The Balaban J connectivity index is 1.51. The van der Waals surface area contributed by atoms with Gasteiger partial charge in [-0.25, -0.2) is 4.79 Å². The van der Waals surface area contributed by atoms with Crippen LogP contribution in [0.5, 0.6) is 0 Å². The van der Waals surface area contributed by atoms with Gasteiger partial charge in [-0.15, -0.1) is 0 Å². The van der Waals surface area contributed by atoms with Crippen LogP contribution < -0.4 is 10.6 Å². The summed E-state index contributed by atoms with van der Waals surface area (Å²) in [5.41, 5.74) is 2.23. The molecule has 134 valence electrons. The van der Waals surface area contributed by atoms with E-state index in [9.17, 15) is 9.59 Å². The van der Waals surface area contributed by atoms with Gasteiger partial charge >= 0.3 is 6.03 Å². The lowest BCUT2D eigenvalue weighted by Crippen LogP contribution is -2.50. The molecule has 5 nitrogen and oxygen atoms in total. The number of nitrogens with one attached hydrogen (secondary N) is 2. The average Bonchev–Trinajstić information content (AvgIpc) is 2.64. The molecule has 0 bridgehead atoms. The van der Waals surface area contributed by atoms with Crippen LogP contribution in [-0.4, -0.2) is 37.0 Å². The van der Waals surface area contributed by atoms with Gasteiger partial charge in [0.1, 0.15) is 0 Å². The van der Waals surface area contributed by atoms with Crippen molar-refractivity contribution >= 4 is 11.9 Å². The van der Waals surface area contributed by atoms with Gasteiger partial charge in [0.25, 0.3) is 0 Å². The molecule has 1 aromatic carbocycles. The molecule has 5 heteroatoms. The van der Waals surface area contributed by atoms with Crippen LogP contribution in [0.25, 0.3) is 0 Å². The van der Waals surface area contributed by atoms with Crippen LogP contribution in [0.2, 0.25) is 0 Å². The first-order chi connectivity index (χ1) is 12.1. The molecule has 2 aliphatic rings. The molecule has 1 atom stereocenters. The number of likely N-dealkylation sites (tertiary alicyclic amines) is 1. The molecule has 0 saturated carbocycles. The quantitative estimate of drug-likeness (QED) is 0.865. The standard InChI is InChI=1S/C20H27N3O2/c1-23-17-9-5-6-12-20(17,13-10-18(23)24)15-22-19(25)21-14-11-16-7-3-2-4-8-16/h2-4,7-9H,5-6,10-15H2,1H3,(H2,21,22,25).